The van der Waals surface area contributed by atoms with Gasteiger partial charge in [-0.1, -0.05) is 58.0 Å². The summed E-state index contributed by atoms with van der Waals surface area (Å²) in [5, 5.41) is 2.86. The van der Waals surface area contributed by atoms with E-state index in [9.17, 15) is 14.4 Å². The molecule has 2 saturated heterocycles. The lowest BCUT2D eigenvalue weighted by molar-refractivity contribution is -0.140. The first kappa shape index (κ1) is 19.9. The number of rotatable bonds is 4. The van der Waals surface area contributed by atoms with E-state index >= 15 is 0 Å². The van der Waals surface area contributed by atoms with Crippen molar-refractivity contribution in [3.8, 4) is 0 Å². The zero-order valence-corrected chi connectivity index (χ0v) is 17.8. The van der Waals surface area contributed by atoms with Gasteiger partial charge in [0, 0.05) is 12.6 Å². The molecule has 0 spiro atoms. The van der Waals surface area contributed by atoms with Crippen LogP contribution in [0.5, 0.6) is 0 Å². The van der Waals surface area contributed by atoms with Gasteiger partial charge in [-0.25, -0.2) is 4.79 Å². The molecule has 156 valence electrons. The fourth-order valence-corrected chi connectivity index (χ4v) is 6.11. The SMILES string of the molecule is CC[C@]1(c2ccccc2)NC(=O)N(CC(=O)N2C[C@@]3(C)C[C@@H]2CC(C)(C)C3)C1=O. The maximum atomic E-state index is 13.3. The van der Waals surface area contributed by atoms with Crippen LogP contribution in [0.15, 0.2) is 30.3 Å². The largest absolute Gasteiger partial charge is 0.338 e. The number of amides is 4. The number of imide groups is 1. The summed E-state index contributed by atoms with van der Waals surface area (Å²) in [5.41, 5.74) is -0.00970. The highest BCUT2D eigenvalue weighted by molar-refractivity contribution is 6.09. The first-order valence-electron chi connectivity index (χ1n) is 10.6. The predicted octanol–water partition coefficient (Wildman–Crippen LogP) is 3.27. The van der Waals surface area contributed by atoms with Gasteiger partial charge < -0.3 is 10.2 Å². The highest BCUT2D eigenvalue weighted by atomic mass is 16.2. The number of nitrogens with zero attached hydrogens (tertiary/aromatic N) is 2. The lowest BCUT2D eigenvalue weighted by Crippen LogP contribution is -2.46. The molecule has 0 unspecified atom stereocenters. The Kier molecular flexibility index (Phi) is 4.52. The Morgan fingerprint density at radius 3 is 2.48 bits per heavy atom. The first-order valence-corrected chi connectivity index (χ1v) is 10.6. The average Bonchev–Trinajstić information content (AvgIpc) is 3.06. The van der Waals surface area contributed by atoms with Crippen LogP contribution in [0, 0.1) is 10.8 Å². The number of nitrogens with one attached hydrogen (secondary N) is 1. The molecular weight excluding hydrogens is 366 g/mol. The summed E-state index contributed by atoms with van der Waals surface area (Å²) in [5.74, 6) is -0.460. The van der Waals surface area contributed by atoms with Crippen molar-refractivity contribution in [1.82, 2.24) is 15.1 Å². The monoisotopic (exact) mass is 397 g/mol. The van der Waals surface area contributed by atoms with Crippen LogP contribution in [0.4, 0.5) is 4.79 Å². The maximum Gasteiger partial charge on any atom is 0.325 e. The molecule has 2 bridgehead atoms. The second-order valence-electron chi connectivity index (χ2n) is 10.2. The molecule has 2 aliphatic heterocycles. The molecule has 3 aliphatic rings. The smallest absolute Gasteiger partial charge is 0.325 e. The highest BCUT2D eigenvalue weighted by Gasteiger charge is 2.54. The second-order valence-corrected chi connectivity index (χ2v) is 10.2. The molecule has 0 radical (unpaired) electrons. The molecule has 1 saturated carbocycles. The van der Waals surface area contributed by atoms with E-state index < -0.39 is 11.6 Å². The number of fused-ring (bicyclic) bond motifs is 2. The van der Waals surface area contributed by atoms with Crippen LogP contribution >= 0.6 is 0 Å². The Morgan fingerprint density at radius 2 is 1.83 bits per heavy atom. The molecule has 2 heterocycles. The maximum absolute atomic E-state index is 13.3. The predicted molar refractivity (Wildman–Crippen MR) is 110 cm³/mol. The van der Waals surface area contributed by atoms with Crippen LogP contribution in [0.2, 0.25) is 0 Å². The molecule has 4 amide bonds. The molecule has 4 rings (SSSR count). The third-order valence-corrected chi connectivity index (χ3v) is 7.00. The third kappa shape index (κ3) is 3.22. The van der Waals surface area contributed by atoms with E-state index in [1.54, 1.807) is 0 Å². The number of carbonyl (C=O) groups is 3. The lowest BCUT2D eigenvalue weighted by Gasteiger charge is -2.39. The summed E-state index contributed by atoms with van der Waals surface area (Å²) in [6.07, 6.45) is 3.50. The lowest BCUT2D eigenvalue weighted by atomic mass is 9.65. The topological polar surface area (TPSA) is 69.7 Å². The standard InChI is InChI=1S/C23H31N3O3/c1-5-23(16-9-7-6-8-10-16)19(28)25(20(29)24-23)13-18(27)26-15-22(4)12-17(26)11-21(2,3)14-22/h6-10,17H,5,11-15H2,1-4H3,(H,24,29)/t17-,22-,23+/m0/s1. The Morgan fingerprint density at radius 1 is 1.14 bits per heavy atom. The molecule has 1 N–H and O–H groups in total. The van der Waals surface area contributed by atoms with Gasteiger partial charge >= 0.3 is 6.03 Å². The molecule has 6 heteroatoms. The van der Waals surface area contributed by atoms with Crippen molar-refractivity contribution in [2.75, 3.05) is 13.1 Å². The molecular formula is C23H31N3O3. The van der Waals surface area contributed by atoms with Gasteiger partial charge in [-0.15, -0.1) is 0 Å². The van der Waals surface area contributed by atoms with E-state index in [1.165, 1.54) is 0 Å². The van der Waals surface area contributed by atoms with Crippen molar-refractivity contribution in [3.63, 3.8) is 0 Å². The van der Waals surface area contributed by atoms with Crippen LogP contribution in [0.25, 0.3) is 0 Å². The number of hydrogen-bond donors (Lipinski definition) is 1. The Labute approximate surface area is 172 Å². The van der Waals surface area contributed by atoms with E-state index in [-0.39, 0.29) is 35.2 Å². The van der Waals surface area contributed by atoms with Gasteiger partial charge in [-0.2, -0.15) is 0 Å². The summed E-state index contributed by atoms with van der Waals surface area (Å²) in [4.78, 5) is 42.2. The Balaban J connectivity index is 1.54. The second kappa shape index (κ2) is 6.57. The molecule has 6 nitrogen and oxygen atoms in total. The van der Waals surface area contributed by atoms with E-state index in [4.69, 9.17) is 0 Å². The van der Waals surface area contributed by atoms with Gasteiger partial charge in [0.1, 0.15) is 12.1 Å². The van der Waals surface area contributed by atoms with Gasteiger partial charge in [0.2, 0.25) is 5.91 Å². The molecule has 3 atom stereocenters. The number of hydrogen-bond acceptors (Lipinski definition) is 3. The van der Waals surface area contributed by atoms with Crippen LogP contribution in [0.3, 0.4) is 0 Å². The summed E-state index contributed by atoms with van der Waals surface area (Å²) in [6, 6.07) is 8.99. The van der Waals surface area contributed by atoms with Gasteiger partial charge in [-0.05, 0) is 42.1 Å². The molecule has 1 aromatic rings. The normalized spacial score (nSPS) is 33.2. The minimum absolute atomic E-state index is 0.122. The fraction of sp³-hybridized carbons (Fsp3) is 0.609. The zero-order valence-electron chi connectivity index (χ0n) is 17.8. The van der Waals surface area contributed by atoms with Crippen molar-refractivity contribution >= 4 is 17.8 Å². The van der Waals surface area contributed by atoms with E-state index in [1.807, 2.05) is 42.2 Å². The number of likely N-dealkylation sites (tertiary alicyclic amines) is 1. The van der Waals surface area contributed by atoms with Crippen LogP contribution in [-0.2, 0) is 15.1 Å². The quantitative estimate of drug-likeness (QED) is 0.793. The van der Waals surface area contributed by atoms with Gasteiger partial charge in [0.15, 0.2) is 0 Å². The van der Waals surface area contributed by atoms with E-state index in [0.29, 0.717) is 13.0 Å². The van der Waals surface area contributed by atoms with Crippen LogP contribution < -0.4 is 5.32 Å². The van der Waals surface area contributed by atoms with Crippen molar-refractivity contribution in [2.45, 2.75) is 65.0 Å². The number of urea groups is 1. The van der Waals surface area contributed by atoms with Crippen LogP contribution in [0.1, 0.15) is 58.9 Å². The summed E-state index contributed by atoms with van der Waals surface area (Å²) >= 11 is 0. The molecule has 1 aliphatic carbocycles. The van der Waals surface area contributed by atoms with Gasteiger partial charge in [0.05, 0.1) is 0 Å². The summed E-state index contributed by atoms with van der Waals surface area (Å²) in [6.45, 7) is 9.17. The zero-order chi connectivity index (χ0) is 21.0. The summed E-state index contributed by atoms with van der Waals surface area (Å²) in [7, 11) is 0. The fourth-order valence-electron chi connectivity index (χ4n) is 6.11. The third-order valence-electron chi connectivity index (χ3n) is 7.00. The van der Waals surface area contributed by atoms with Gasteiger partial charge in [-0.3, -0.25) is 14.5 Å². The van der Waals surface area contributed by atoms with Crippen molar-refractivity contribution in [3.05, 3.63) is 35.9 Å². The summed E-state index contributed by atoms with van der Waals surface area (Å²) < 4.78 is 0. The average molecular weight is 398 g/mol. The molecule has 1 aromatic carbocycles. The Hall–Kier alpha value is -2.37. The highest BCUT2D eigenvalue weighted by Crippen LogP contribution is 2.52. The van der Waals surface area contributed by atoms with Crippen LogP contribution in [-0.4, -0.2) is 46.8 Å². The molecule has 3 fully saturated rings. The van der Waals surface area contributed by atoms with Crippen molar-refractivity contribution < 1.29 is 14.4 Å². The number of benzene rings is 1. The minimum atomic E-state index is -1.09. The van der Waals surface area contributed by atoms with E-state index in [2.05, 4.69) is 26.1 Å². The minimum Gasteiger partial charge on any atom is -0.338 e. The molecule has 0 aromatic heterocycles. The number of carbonyl (C=O) groups excluding carboxylic acids is 3. The first-order chi connectivity index (χ1) is 13.6. The molecule has 29 heavy (non-hydrogen) atoms. The van der Waals surface area contributed by atoms with Gasteiger partial charge in [0.25, 0.3) is 5.91 Å². The van der Waals surface area contributed by atoms with Crippen molar-refractivity contribution in [2.24, 2.45) is 10.8 Å². The van der Waals surface area contributed by atoms with Crippen molar-refractivity contribution in [1.29, 1.82) is 0 Å². The van der Waals surface area contributed by atoms with E-state index in [0.717, 1.165) is 29.7 Å². The Bertz CT molecular complexity index is 852.